The van der Waals surface area contributed by atoms with E-state index in [1.807, 2.05) is 0 Å². The Bertz CT molecular complexity index is 682. The summed E-state index contributed by atoms with van der Waals surface area (Å²) in [5.74, 6) is -0.916. The highest BCUT2D eigenvalue weighted by Crippen LogP contribution is 2.20. The molecule has 1 heterocycles. The number of hydrogen-bond donors (Lipinski definition) is 3. The molecule has 7 nitrogen and oxygen atoms in total. The minimum absolute atomic E-state index is 0.101. The topological polar surface area (TPSA) is 113 Å². The first kappa shape index (κ1) is 14.2. The normalized spacial score (nSPS) is 13.9. The highest BCUT2D eigenvalue weighted by molar-refractivity contribution is 5.79. The molecule has 2 rings (SSSR count). The van der Waals surface area contributed by atoms with E-state index in [2.05, 4.69) is 14.7 Å². The van der Waals surface area contributed by atoms with Gasteiger partial charge in [-0.1, -0.05) is 6.07 Å². The quantitative estimate of drug-likeness (QED) is 0.672. The van der Waals surface area contributed by atoms with Crippen LogP contribution in [0.4, 0.5) is 0 Å². The molecule has 0 saturated heterocycles. The van der Waals surface area contributed by atoms with Crippen molar-refractivity contribution >= 4 is 16.9 Å². The number of ether oxygens (including phenoxy) is 1. The zero-order valence-corrected chi connectivity index (χ0v) is 10.7. The minimum Gasteiger partial charge on any atom is -0.464 e. The fourth-order valence-corrected chi connectivity index (χ4v) is 1.81. The molecule has 0 radical (unpaired) electrons. The highest BCUT2D eigenvalue weighted by Gasteiger charge is 2.27. The molecule has 0 saturated carbocycles. The van der Waals surface area contributed by atoms with Crippen molar-refractivity contribution in [2.45, 2.75) is 19.1 Å². The summed E-state index contributed by atoms with van der Waals surface area (Å²) in [5.41, 5.74) is 0.321. The van der Waals surface area contributed by atoms with Gasteiger partial charge in [0.05, 0.1) is 23.8 Å². The van der Waals surface area contributed by atoms with Crippen LogP contribution >= 0.6 is 0 Å². The summed E-state index contributed by atoms with van der Waals surface area (Å²) >= 11 is 0. The lowest BCUT2D eigenvalue weighted by molar-refractivity contribution is -0.159. The number of carbonyl (C=O) groups excluding carboxylic acids is 1. The Morgan fingerprint density at radius 1 is 1.45 bits per heavy atom. The van der Waals surface area contributed by atoms with Gasteiger partial charge >= 0.3 is 5.97 Å². The predicted molar refractivity (Wildman–Crippen MR) is 70.0 cm³/mol. The lowest BCUT2D eigenvalue weighted by Gasteiger charge is -2.16. The van der Waals surface area contributed by atoms with Gasteiger partial charge in [0.1, 0.15) is 6.10 Å². The molecular formula is C13H14N2O5. The number of aliphatic hydroxyl groups excluding tert-OH is 2. The van der Waals surface area contributed by atoms with Gasteiger partial charge in [0.25, 0.3) is 5.56 Å². The first-order chi connectivity index (χ1) is 9.54. The third kappa shape index (κ3) is 2.68. The zero-order chi connectivity index (χ0) is 14.7. The van der Waals surface area contributed by atoms with E-state index in [4.69, 9.17) is 0 Å². The molecule has 3 N–H and O–H groups in total. The van der Waals surface area contributed by atoms with E-state index in [0.29, 0.717) is 5.52 Å². The van der Waals surface area contributed by atoms with Crippen LogP contribution in [0.2, 0.25) is 0 Å². The number of nitrogens with zero attached hydrogens (tertiary/aromatic N) is 1. The van der Waals surface area contributed by atoms with E-state index in [0.717, 1.165) is 0 Å². The summed E-state index contributed by atoms with van der Waals surface area (Å²) in [5, 5.41) is 19.9. The third-order valence-corrected chi connectivity index (χ3v) is 2.83. The molecule has 0 fully saturated rings. The van der Waals surface area contributed by atoms with E-state index in [-0.39, 0.29) is 23.1 Å². The van der Waals surface area contributed by atoms with Crippen LogP contribution in [0.5, 0.6) is 0 Å². The highest BCUT2D eigenvalue weighted by atomic mass is 16.5. The van der Waals surface area contributed by atoms with E-state index in [9.17, 15) is 19.8 Å². The van der Waals surface area contributed by atoms with Crippen molar-refractivity contribution in [2.75, 3.05) is 6.61 Å². The van der Waals surface area contributed by atoms with Crippen molar-refractivity contribution in [3.63, 3.8) is 0 Å². The molecule has 2 unspecified atom stereocenters. The first-order valence-electron chi connectivity index (χ1n) is 6.04. The number of hydrogen-bond acceptors (Lipinski definition) is 6. The monoisotopic (exact) mass is 278 g/mol. The van der Waals surface area contributed by atoms with Crippen molar-refractivity contribution < 1.29 is 19.7 Å². The maximum Gasteiger partial charge on any atom is 0.338 e. The van der Waals surface area contributed by atoms with Crippen LogP contribution in [0.1, 0.15) is 18.6 Å². The Morgan fingerprint density at radius 3 is 2.90 bits per heavy atom. The molecule has 2 aromatic rings. The summed E-state index contributed by atoms with van der Waals surface area (Å²) in [6.07, 6.45) is -1.91. The number of aromatic nitrogens is 2. The first-order valence-corrected chi connectivity index (χ1v) is 6.04. The molecule has 0 aliphatic rings. The number of esters is 1. The molecule has 106 valence electrons. The van der Waals surface area contributed by atoms with E-state index in [1.165, 1.54) is 24.5 Å². The number of aromatic amines is 1. The van der Waals surface area contributed by atoms with Crippen LogP contribution in [0.3, 0.4) is 0 Å². The van der Waals surface area contributed by atoms with Crippen LogP contribution in [-0.2, 0) is 9.53 Å². The average molecular weight is 278 g/mol. The van der Waals surface area contributed by atoms with Crippen molar-refractivity contribution in [2.24, 2.45) is 0 Å². The fraction of sp³-hybridized carbons (Fsp3) is 0.308. The maximum atomic E-state index is 11.6. The Kier molecular flexibility index (Phi) is 4.11. The Hall–Kier alpha value is -2.25. The maximum absolute atomic E-state index is 11.6. The summed E-state index contributed by atoms with van der Waals surface area (Å²) in [4.78, 5) is 29.4. The summed E-state index contributed by atoms with van der Waals surface area (Å²) in [7, 11) is 0. The molecule has 1 aromatic carbocycles. The van der Waals surface area contributed by atoms with Gasteiger partial charge < -0.3 is 19.9 Å². The average Bonchev–Trinajstić information content (AvgIpc) is 2.46. The number of fused-ring (bicyclic) bond motifs is 1. The van der Waals surface area contributed by atoms with E-state index >= 15 is 0 Å². The lowest BCUT2D eigenvalue weighted by atomic mass is 10.0. The van der Waals surface area contributed by atoms with Crippen molar-refractivity contribution in [1.29, 1.82) is 0 Å². The van der Waals surface area contributed by atoms with Gasteiger partial charge in [-0.25, -0.2) is 9.78 Å². The van der Waals surface area contributed by atoms with Crippen molar-refractivity contribution in [3.8, 4) is 0 Å². The molecule has 0 aliphatic heterocycles. The molecule has 0 amide bonds. The van der Waals surface area contributed by atoms with E-state index < -0.39 is 18.2 Å². The molecule has 0 spiro atoms. The summed E-state index contributed by atoms with van der Waals surface area (Å²) in [6.45, 7) is 1.70. The number of rotatable bonds is 4. The number of nitrogens with one attached hydrogen (secondary N) is 1. The van der Waals surface area contributed by atoms with Gasteiger partial charge in [-0.3, -0.25) is 4.79 Å². The van der Waals surface area contributed by atoms with Gasteiger partial charge in [-0.15, -0.1) is 0 Å². The zero-order valence-electron chi connectivity index (χ0n) is 10.7. The van der Waals surface area contributed by atoms with Crippen molar-refractivity contribution in [3.05, 3.63) is 40.4 Å². The Labute approximate surface area is 113 Å². The summed E-state index contributed by atoms with van der Waals surface area (Å²) in [6, 6.07) is 4.40. The minimum atomic E-state index is -1.71. The largest absolute Gasteiger partial charge is 0.464 e. The Balaban J connectivity index is 2.35. The second-order valence-electron chi connectivity index (χ2n) is 4.15. The molecule has 7 heteroatoms. The number of benzene rings is 1. The van der Waals surface area contributed by atoms with Gasteiger partial charge in [0, 0.05) is 0 Å². The van der Waals surface area contributed by atoms with Crippen LogP contribution in [0, 0.1) is 0 Å². The standard InChI is InChI=1S/C13H14N2O5/c1-2-20-13(19)11(17)10(16)7-3-4-9-8(5-7)12(18)15-6-14-9/h3-6,10-11,16-17H,2H2,1H3,(H,14,15,18). The second-order valence-corrected chi connectivity index (χ2v) is 4.15. The smallest absolute Gasteiger partial charge is 0.338 e. The second kappa shape index (κ2) is 5.81. The van der Waals surface area contributed by atoms with Crippen LogP contribution < -0.4 is 5.56 Å². The molecule has 2 atom stereocenters. The van der Waals surface area contributed by atoms with E-state index in [1.54, 1.807) is 6.92 Å². The van der Waals surface area contributed by atoms with Crippen LogP contribution in [0.15, 0.2) is 29.3 Å². The van der Waals surface area contributed by atoms with Gasteiger partial charge in [-0.05, 0) is 24.6 Å². The molecular weight excluding hydrogens is 264 g/mol. The van der Waals surface area contributed by atoms with Crippen LogP contribution in [0.25, 0.3) is 10.9 Å². The summed E-state index contributed by atoms with van der Waals surface area (Å²) < 4.78 is 4.63. The molecule has 1 aromatic heterocycles. The van der Waals surface area contributed by atoms with Crippen molar-refractivity contribution in [1.82, 2.24) is 9.97 Å². The molecule has 0 aliphatic carbocycles. The molecule has 20 heavy (non-hydrogen) atoms. The number of H-pyrrole nitrogens is 1. The van der Waals surface area contributed by atoms with Crippen LogP contribution in [-0.4, -0.2) is 38.9 Å². The molecule has 0 bridgehead atoms. The van der Waals surface area contributed by atoms with Gasteiger partial charge in [0.15, 0.2) is 6.10 Å². The Morgan fingerprint density at radius 2 is 2.20 bits per heavy atom. The van der Waals surface area contributed by atoms with Gasteiger partial charge in [-0.2, -0.15) is 0 Å². The lowest BCUT2D eigenvalue weighted by Crippen LogP contribution is -2.30. The third-order valence-electron chi connectivity index (χ3n) is 2.83. The number of aliphatic hydroxyl groups is 2. The number of carbonyl (C=O) groups is 1. The fourth-order valence-electron chi connectivity index (χ4n) is 1.81. The SMILES string of the molecule is CCOC(=O)C(O)C(O)c1ccc2nc[nH]c(=O)c2c1. The predicted octanol–water partition coefficient (Wildman–Crippen LogP) is -0.119. The van der Waals surface area contributed by atoms with Gasteiger partial charge in [0.2, 0.25) is 0 Å².